The van der Waals surface area contributed by atoms with Gasteiger partial charge in [0.15, 0.2) is 12.6 Å². The predicted molar refractivity (Wildman–Crippen MR) is 266 cm³/mol. The van der Waals surface area contributed by atoms with Crippen molar-refractivity contribution in [1.82, 2.24) is 0 Å². The van der Waals surface area contributed by atoms with Gasteiger partial charge in [-0.05, 0) is 51.4 Å². The summed E-state index contributed by atoms with van der Waals surface area (Å²) >= 11 is 0. The Morgan fingerprint density at radius 2 is 0.956 bits per heavy atom. The molecule has 14 heteroatoms. The number of aliphatic hydroxyl groups excluding tert-OH is 7. The molecule has 0 saturated carbocycles. The number of hydrogen-bond donors (Lipinski definition) is 7. The van der Waals surface area contributed by atoms with E-state index in [1.807, 2.05) is 0 Å². The van der Waals surface area contributed by atoms with Crippen LogP contribution in [0.25, 0.3) is 0 Å². The molecular formula is C54H96O14. The summed E-state index contributed by atoms with van der Waals surface area (Å²) in [6.45, 7) is 3.56. The van der Waals surface area contributed by atoms with E-state index >= 15 is 0 Å². The van der Waals surface area contributed by atoms with E-state index in [9.17, 15) is 40.5 Å². The zero-order valence-electron chi connectivity index (χ0n) is 42.1. The number of aliphatic hydroxyl groups is 7. The Morgan fingerprint density at radius 3 is 1.50 bits per heavy atom. The second-order valence-electron chi connectivity index (χ2n) is 18.7. The van der Waals surface area contributed by atoms with Gasteiger partial charge in [-0.25, -0.2) is 0 Å². The highest BCUT2D eigenvalue weighted by atomic mass is 16.7. The fraction of sp³-hybridized carbons (Fsp3) is 0.833. The summed E-state index contributed by atoms with van der Waals surface area (Å²) in [6.07, 6.45) is 31.9. The van der Waals surface area contributed by atoms with E-state index in [-0.39, 0.29) is 25.6 Å². The molecule has 0 aromatic carbocycles. The quantitative estimate of drug-likeness (QED) is 0.0174. The molecule has 14 nitrogen and oxygen atoms in total. The van der Waals surface area contributed by atoms with Crippen LogP contribution in [0.4, 0.5) is 0 Å². The number of allylic oxidation sites excluding steroid dienone is 8. The molecule has 0 aliphatic carbocycles. The minimum atomic E-state index is -1.70. The summed E-state index contributed by atoms with van der Waals surface area (Å²) in [7, 11) is 0. The molecular weight excluding hydrogens is 873 g/mol. The average molecular weight is 969 g/mol. The van der Waals surface area contributed by atoms with Crippen molar-refractivity contribution in [2.75, 3.05) is 33.0 Å². The summed E-state index contributed by atoms with van der Waals surface area (Å²) in [5, 5.41) is 72.1. The minimum absolute atomic E-state index is 0.0619. The maximum absolute atomic E-state index is 13.0. The number of esters is 1. The zero-order chi connectivity index (χ0) is 49.5. The van der Waals surface area contributed by atoms with Crippen LogP contribution in [-0.4, -0.2) is 142 Å². The Balaban J connectivity index is 1.67. The van der Waals surface area contributed by atoms with E-state index in [0.717, 1.165) is 70.6 Å². The number of carbonyl (C=O) groups is 1. The van der Waals surface area contributed by atoms with Crippen LogP contribution in [0.1, 0.15) is 187 Å². The SMILES string of the molecule is CC/C=C\C/C=C\C/C=C\C/C=C\CCCCCCCCCCCCCCC(=O)OC(COCCCCCCCCCCC)COC1OC(COC2OC(CO)C(O)C(O)C2O)C(O)C(O)C1O. The van der Waals surface area contributed by atoms with E-state index in [1.165, 1.54) is 89.9 Å². The van der Waals surface area contributed by atoms with Crippen molar-refractivity contribution in [2.45, 2.75) is 255 Å². The number of rotatable bonds is 42. The lowest BCUT2D eigenvalue weighted by Crippen LogP contribution is -2.61. The molecule has 2 aliphatic rings. The first-order valence-corrected chi connectivity index (χ1v) is 26.7. The van der Waals surface area contributed by atoms with Gasteiger partial charge in [0, 0.05) is 13.0 Å². The first-order chi connectivity index (χ1) is 33.1. The van der Waals surface area contributed by atoms with Crippen LogP contribution in [0.2, 0.25) is 0 Å². The van der Waals surface area contributed by atoms with Gasteiger partial charge in [0.05, 0.1) is 26.4 Å². The standard InChI is InChI=1S/C54H96O14/c1-3-5-7-9-11-13-14-15-16-17-18-19-20-21-22-23-24-25-26-27-28-29-31-33-35-37-46(56)66-43(40-63-38-36-34-32-30-12-10-8-6-4-2)41-64-53-52(62)50(60)48(58)45(68-53)42-65-54-51(61)49(59)47(57)44(39-55)67-54/h5,7,11,13,15-16,18-19,43-45,47-55,57-62H,3-4,6,8-10,12,14,17,20-42H2,1-2H3/b7-5-,13-11-,16-15-,19-18-. The van der Waals surface area contributed by atoms with Crippen molar-refractivity contribution in [3.8, 4) is 0 Å². The molecule has 0 spiro atoms. The molecule has 0 radical (unpaired) electrons. The molecule has 0 amide bonds. The lowest BCUT2D eigenvalue weighted by atomic mass is 9.98. The van der Waals surface area contributed by atoms with Gasteiger partial charge < -0.3 is 64.2 Å². The summed E-state index contributed by atoms with van der Waals surface area (Å²) < 4.78 is 34.2. The molecule has 0 bridgehead atoms. The fourth-order valence-electron chi connectivity index (χ4n) is 8.28. The largest absolute Gasteiger partial charge is 0.457 e. The fourth-order valence-corrected chi connectivity index (χ4v) is 8.28. The predicted octanol–water partition coefficient (Wildman–Crippen LogP) is 8.35. The molecule has 68 heavy (non-hydrogen) atoms. The summed E-state index contributed by atoms with van der Waals surface area (Å²) in [4.78, 5) is 13.0. The molecule has 2 fully saturated rings. The first-order valence-electron chi connectivity index (χ1n) is 26.7. The third-order valence-electron chi connectivity index (χ3n) is 12.6. The van der Waals surface area contributed by atoms with Gasteiger partial charge in [-0.15, -0.1) is 0 Å². The van der Waals surface area contributed by atoms with Crippen molar-refractivity contribution in [1.29, 1.82) is 0 Å². The molecule has 7 N–H and O–H groups in total. The van der Waals surface area contributed by atoms with Crippen LogP contribution in [-0.2, 0) is 33.2 Å². The Hall–Kier alpha value is -2.05. The van der Waals surface area contributed by atoms with Crippen LogP contribution in [0.3, 0.4) is 0 Å². The lowest BCUT2D eigenvalue weighted by molar-refractivity contribution is -0.332. The van der Waals surface area contributed by atoms with Gasteiger partial charge in [0.2, 0.25) is 0 Å². The van der Waals surface area contributed by atoms with Crippen molar-refractivity contribution < 1.29 is 69.0 Å². The molecule has 2 rings (SSSR count). The molecule has 0 aromatic heterocycles. The third kappa shape index (κ3) is 28.7. The van der Waals surface area contributed by atoms with Crippen LogP contribution in [0.15, 0.2) is 48.6 Å². The average Bonchev–Trinajstić information content (AvgIpc) is 3.33. The van der Waals surface area contributed by atoms with Crippen molar-refractivity contribution in [3.63, 3.8) is 0 Å². The van der Waals surface area contributed by atoms with Gasteiger partial charge in [0.1, 0.15) is 54.9 Å². The number of carbonyl (C=O) groups excluding carboxylic acids is 1. The smallest absolute Gasteiger partial charge is 0.306 e. The number of ether oxygens (including phenoxy) is 6. The summed E-state index contributed by atoms with van der Waals surface area (Å²) in [6, 6.07) is 0. The van der Waals surface area contributed by atoms with Crippen molar-refractivity contribution >= 4 is 5.97 Å². The Bertz CT molecular complexity index is 1310. The van der Waals surface area contributed by atoms with E-state index in [1.54, 1.807) is 0 Å². The second-order valence-corrected chi connectivity index (χ2v) is 18.7. The second kappa shape index (κ2) is 41.6. The molecule has 2 aliphatic heterocycles. The van der Waals surface area contributed by atoms with Crippen LogP contribution in [0, 0.1) is 0 Å². The molecule has 11 atom stereocenters. The van der Waals surface area contributed by atoms with Gasteiger partial charge in [-0.2, -0.15) is 0 Å². The first kappa shape index (κ1) is 62.1. The van der Waals surface area contributed by atoms with Crippen LogP contribution >= 0.6 is 0 Å². The van der Waals surface area contributed by atoms with Crippen LogP contribution < -0.4 is 0 Å². The maximum atomic E-state index is 13.0. The topological polar surface area (TPSA) is 214 Å². The van der Waals surface area contributed by atoms with Crippen molar-refractivity contribution in [2.24, 2.45) is 0 Å². The van der Waals surface area contributed by atoms with Gasteiger partial charge in [-0.3, -0.25) is 4.79 Å². The summed E-state index contributed by atoms with van der Waals surface area (Å²) in [5.41, 5.74) is 0. The molecule has 396 valence electrons. The highest BCUT2D eigenvalue weighted by Gasteiger charge is 2.47. The highest BCUT2D eigenvalue weighted by molar-refractivity contribution is 5.69. The number of hydrogen-bond acceptors (Lipinski definition) is 14. The van der Waals surface area contributed by atoms with Gasteiger partial charge in [-0.1, -0.05) is 178 Å². The molecule has 0 aromatic rings. The minimum Gasteiger partial charge on any atom is -0.457 e. The highest BCUT2D eigenvalue weighted by Crippen LogP contribution is 2.26. The van der Waals surface area contributed by atoms with E-state index in [0.29, 0.717) is 13.0 Å². The lowest BCUT2D eigenvalue weighted by Gasteiger charge is -2.42. The van der Waals surface area contributed by atoms with Crippen molar-refractivity contribution in [3.05, 3.63) is 48.6 Å². The van der Waals surface area contributed by atoms with Gasteiger partial charge >= 0.3 is 5.97 Å². The Kier molecular flexibility index (Phi) is 37.9. The summed E-state index contributed by atoms with van der Waals surface area (Å²) in [5.74, 6) is -0.380. The van der Waals surface area contributed by atoms with Crippen LogP contribution in [0.5, 0.6) is 0 Å². The Labute approximate surface area is 410 Å². The number of unbranched alkanes of at least 4 members (excludes halogenated alkanes) is 20. The van der Waals surface area contributed by atoms with Gasteiger partial charge in [0.25, 0.3) is 0 Å². The maximum Gasteiger partial charge on any atom is 0.306 e. The normalized spacial score (nSPS) is 26.2. The zero-order valence-corrected chi connectivity index (χ0v) is 42.1. The van der Waals surface area contributed by atoms with E-state index in [2.05, 4.69) is 62.5 Å². The van der Waals surface area contributed by atoms with E-state index < -0.39 is 80.7 Å². The molecule has 11 unspecified atom stereocenters. The molecule has 2 heterocycles. The van der Waals surface area contributed by atoms with E-state index in [4.69, 9.17) is 28.4 Å². The molecule has 2 saturated heterocycles. The monoisotopic (exact) mass is 969 g/mol. The third-order valence-corrected chi connectivity index (χ3v) is 12.6. The Morgan fingerprint density at radius 1 is 0.500 bits per heavy atom.